The van der Waals surface area contributed by atoms with Crippen molar-refractivity contribution in [1.82, 2.24) is 0 Å². The van der Waals surface area contributed by atoms with Gasteiger partial charge in [0.1, 0.15) is 11.6 Å². The Hall–Kier alpha value is -2.09. The molecule has 0 N–H and O–H groups in total. The molecular weight excluding hydrogens is 239 g/mol. The Morgan fingerprint density at radius 1 is 1.21 bits per heavy atom. The van der Waals surface area contributed by atoms with Gasteiger partial charge in [-0.05, 0) is 30.7 Å². The highest BCUT2D eigenvalue weighted by atomic mass is 19.1. The van der Waals surface area contributed by atoms with Crippen molar-refractivity contribution < 1.29 is 9.13 Å². The topological polar surface area (TPSA) is 9.23 Å². The molecule has 0 aliphatic heterocycles. The first-order chi connectivity index (χ1) is 9.20. The molecule has 0 spiro atoms. The molecular formula is C17H17FO. The van der Waals surface area contributed by atoms with Crippen molar-refractivity contribution in [2.75, 3.05) is 0 Å². The SMILES string of the molecule is C=CC[C@H](C)Oc1ccc(F)cc1-c1ccccc1. The monoisotopic (exact) mass is 256 g/mol. The Morgan fingerprint density at radius 3 is 2.63 bits per heavy atom. The van der Waals surface area contributed by atoms with Gasteiger partial charge in [-0.15, -0.1) is 6.58 Å². The normalized spacial score (nSPS) is 11.9. The molecule has 0 saturated carbocycles. The van der Waals surface area contributed by atoms with Gasteiger partial charge in [0.15, 0.2) is 0 Å². The Kier molecular flexibility index (Phi) is 4.35. The molecule has 0 amide bonds. The van der Waals surface area contributed by atoms with Crippen molar-refractivity contribution in [3.8, 4) is 16.9 Å². The van der Waals surface area contributed by atoms with E-state index in [2.05, 4.69) is 6.58 Å². The van der Waals surface area contributed by atoms with Crippen molar-refractivity contribution in [3.05, 3.63) is 67.0 Å². The van der Waals surface area contributed by atoms with E-state index in [9.17, 15) is 4.39 Å². The van der Waals surface area contributed by atoms with Crippen LogP contribution in [0.25, 0.3) is 11.1 Å². The minimum absolute atomic E-state index is 0.0189. The van der Waals surface area contributed by atoms with Gasteiger partial charge in [0, 0.05) is 12.0 Å². The summed E-state index contributed by atoms with van der Waals surface area (Å²) < 4.78 is 19.3. The predicted octanol–water partition coefficient (Wildman–Crippen LogP) is 4.84. The van der Waals surface area contributed by atoms with Crippen LogP contribution in [0.2, 0.25) is 0 Å². The fourth-order valence-corrected chi connectivity index (χ4v) is 1.95. The van der Waals surface area contributed by atoms with Crippen LogP contribution in [0.5, 0.6) is 5.75 Å². The standard InChI is InChI=1S/C17H17FO/c1-3-7-13(2)19-17-11-10-15(18)12-16(17)14-8-5-4-6-9-14/h3-6,8-13H,1,7H2,2H3/t13-/m0/s1. The molecule has 0 aliphatic rings. The summed E-state index contributed by atoms with van der Waals surface area (Å²) >= 11 is 0. The van der Waals surface area contributed by atoms with Gasteiger partial charge in [-0.1, -0.05) is 36.4 Å². The molecule has 1 atom stereocenters. The molecule has 0 aromatic heterocycles. The maximum atomic E-state index is 13.4. The van der Waals surface area contributed by atoms with Gasteiger partial charge in [-0.2, -0.15) is 0 Å². The highest BCUT2D eigenvalue weighted by Gasteiger charge is 2.10. The molecule has 0 heterocycles. The van der Waals surface area contributed by atoms with Crippen LogP contribution in [0, 0.1) is 5.82 Å². The zero-order valence-corrected chi connectivity index (χ0v) is 11.0. The summed E-state index contributed by atoms with van der Waals surface area (Å²) in [5, 5.41) is 0. The molecule has 19 heavy (non-hydrogen) atoms. The molecule has 0 saturated heterocycles. The lowest BCUT2D eigenvalue weighted by Crippen LogP contribution is -2.10. The first-order valence-corrected chi connectivity index (χ1v) is 6.33. The smallest absolute Gasteiger partial charge is 0.127 e. The van der Waals surface area contributed by atoms with E-state index in [1.54, 1.807) is 6.07 Å². The fraction of sp³-hybridized carbons (Fsp3) is 0.176. The van der Waals surface area contributed by atoms with E-state index in [-0.39, 0.29) is 11.9 Å². The summed E-state index contributed by atoms with van der Waals surface area (Å²) in [5.41, 5.74) is 1.72. The van der Waals surface area contributed by atoms with Crippen molar-refractivity contribution in [2.24, 2.45) is 0 Å². The van der Waals surface area contributed by atoms with Crippen LogP contribution in [-0.2, 0) is 0 Å². The van der Waals surface area contributed by atoms with Gasteiger partial charge in [0.05, 0.1) is 6.10 Å². The summed E-state index contributed by atoms with van der Waals surface area (Å²) in [6.45, 7) is 5.67. The van der Waals surface area contributed by atoms with E-state index in [1.807, 2.05) is 43.3 Å². The third kappa shape index (κ3) is 3.44. The van der Waals surface area contributed by atoms with Gasteiger partial charge in [0.2, 0.25) is 0 Å². The molecule has 2 aromatic rings. The van der Waals surface area contributed by atoms with Crippen molar-refractivity contribution in [3.63, 3.8) is 0 Å². The summed E-state index contributed by atoms with van der Waals surface area (Å²) in [6, 6.07) is 14.3. The molecule has 1 nitrogen and oxygen atoms in total. The lowest BCUT2D eigenvalue weighted by atomic mass is 10.0. The van der Waals surface area contributed by atoms with Gasteiger partial charge < -0.3 is 4.74 Å². The molecule has 2 aromatic carbocycles. The fourth-order valence-electron chi connectivity index (χ4n) is 1.95. The lowest BCUT2D eigenvalue weighted by Gasteiger charge is -2.16. The van der Waals surface area contributed by atoms with Crippen molar-refractivity contribution in [2.45, 2.75) is 19.4 Å². The largest absolute Gasteiger partial charge is 0.490 e. The van der Waals surface area contributed by atoms with Gasteiger partial charge >= 0.3 is 0 Å². The first kappa shape index (κ1) is 13.3. The third-order valence-corrected chi connectivity index (χ3v) is 2.85. The summed E-state index contributed by atoms with van der Waals surface area (Å²) in [4.78, 5) is 0. The zero-order valence-electron chi connectivity index (χ0n) is 11.0. The molecule has 98 valence electrons. The minimum atomic E-state index is -0.262. The first-order valence-electron chi connectivity index (χ1n) is 6.33. The number of ether oxygens (including phenoxy) is 1. The highest BCUT2D eigenvalue weighted by Crippen LogP contribution is 2.31. The second-order valence-corrected chi connectivity index (χ2v) is 4.46. The number of hydrogen-bond acceptors (Lipinski definition) is 1. The van der Waals surface area contributed by atoms with Crippen LogP contribution < -0.4 is 4.74 Å². The number of benzene rings is 2. The minimum Gasteiger partial charge on any atom is -0.490 e. The van der Waals surface area contributed by atoms with Crippen LogP contribution in [-0.4, -0.2) is 6.10 Å². The van der Waals surface area contributed by atoms with Crippen LogP contribution in [0.15, 0.2) is 61.2 Å². The van der Waals surface area contributed by atoms with Crippen LogP contribution in [0.3, 0.4) is 0 Å². The predicted molar refractivity (Wildman–Crippen MR) is 76.7 cm³/mol. The van der Waals surface area contributed by atoms with E-state index in [1.165, 1.54) is 12.1 Å². The van der Waals surface area contributed by atoms with E-state index in [0.717, 1.165) is 17.5 Å². The van der Waals surface area contributed by atoms with Crippen LogP contribution in [0.1, 0.15) is 13.3 Å². The Balaban J connectivity index is 2.36. The Bertz CT molecular complexity index is 548. The third-order valence-electron chi connectivity index (χ3n) is 2.85. The molecule has 0 bridgehead atoms. The number of rotatable bonds is 5. The average Bonchev–Trinajstić information content (AvgIpc) is 2.42. The Morgan fingerprint density at radius 2 is 1.95 bits per heavy atom. The highest BCUT2D eigenvalue weighted by molar-refractivity contribution is 5.70. The van der Waals surface area contributed by atoms with E-state index in [4.69, 9.17) is 4.74 Å². The quantitative estimate of drug-likeness (QED) is 0.696. The maximum absolute atomic E-state index is 13.4. The number of hydrogen-bond donors (Lipinski definition) is 0. The zero-order chi connectivity index (χ0) is 13.7. The molecule has 0 aliphatic carbocycles. The van der Waals surface area contributed by atoms with E-state index in [0.29, 0.717) is 5.75 Å². The number of halogens is 1. The van der Waals surface area contributed by atoms with Gasteiger partial charge in [-0.3, -0.25) is 0 Å². The summed E-state index contributed by atoms with van der Waals surface area (Å²) in [7, 11) is 0. The van der Waals surface area contributed by atoms with Gasteiger partial charge in [0.25, 0.3) is 0 Å². The molecule has 2 rings (SSSR count). The van der Waals surface area contributed by atoms with E-state index >= 15 is 0 Å². The summed E-state index contributed by atoms with van der Waals surface area (Å²) in [5.74, 6) is 0.435. The molecule has 0 unspecified atom stereocenters. The molecule has 0 fully saturated rings. The average molecular weight is 256 g/mol. The van der Waals surface area contributed by atoms with E-state index < -0.39 is 0 Å². The van der Waals surface area contributed by atoms with Gasteiger partial charge in [-0.25, -0.2) is 4.39 Å². The molecule has 2 heteroatoms. The second kappa shape index (κ2) is 6.19. The lowest BCUT2D eigenvalue weighted by molar-refractivity contribution is 0.226. The van der Waals surface area contributed by atoms with Crippen LogP contribution >= 0.6 is 0 Å². The second-order valence-electron chi connectivity index (χ2n) is 4.46. The molecule has 0 radical (unpaired) electrons. The Labute approximate surface area is 113 Å². The van der Waals surface area contributed by atoms with Crippen LogP contribution in [0.4, 0.5) is 4.39 Å². The maximum Gasteiger partial charge on any atom is 0.127 e. The van der Waals surface area contributed by atoms with Crippen molar-refractivity contribution in [1.29, 1.82) is 0 Å². The summed E-state index contributed by atoms with van der Waals surface area (Å²) in [6.07, 6.45) is 2.59. The van der Waals surface area contributed by atoms with Crippen molar-refractivity contribution >= 4 is 0 Å².